The number of likely N-dealkylation sites (tertiary alicyclic amines) is 1. The molecule has 2 aromatic heterocycles. The van der Waals surface area contributed by atoms with Crippen molar-refractivity contribution in [1.82, 2.24) is 25.2 Å². The lowest BCUT2D eigenvalue weighted by atomic mass is 10.0. The van der Waals surface area contributed by atoms with Gasteiger partial charge in [0.1, 0.15) is 11.5 Å². The van der Waals surface area contributed by atoms with Gasteiger partial charge in [0.05, 0.1) is 6.20 Å². The van der Waals surface area contributed by atoms with Crippen LogP contribution in [0.2, 0.25) is 0 Å². The van der Waals surface area contributed by atoms with E-state index in [-0.39, 0.29) is 23.8 Å². The first kappa shape index (κ1) is 17.1. The third kappa shape index (κ3) is 4.04. The third-order valence-corrected chi connectivity index (χ3v) is 4.43. The molecule has 0 aliphatic carbocycles. The van der Waals surface area contributed by atoms with Crippen molar-refractivity contribution in [3.05, 3.63) is 47.8 Å². The van der Waals surface area contributed by atoms with E-state index in [1.807, 2.05) is 18.7 Å². The highest BCUT2D eigenvalue weighted by Crippen LogP contribution is 2.16. The lowest BCUT2D eigenvalue weighted by Crippen LogP contribution is -2.46. The van der Waals surface area contributed by atoms with Crippen LogP contribution in [-0.4, -0.2) is 50.8 Å². The minimum absolute atomic E-state index is 0.0293. The number of imidazole rings is 1. The Hall–Kier alpha value is -2.70. The lowest BCUT2D eigenvalue weighted by molar-refractivity contribution is 0.0693. The van der Waals surface area contributed by atoms with Crippen molar-refractivity contribution >= 4 is 11.8 Å². The van der Waals surface area contributed by atoms with Gasteiger partial charge in [-0.15, -0.1) is 0 Å². The van der Waals surface area contributed by atoms with Gasteiger partial charge in [0.25, 0.3) is 11.8 Å². The van der Waals surface area contributed by atoms with E-state index in [4.69, 9.17) is 0 Å². The molecule has 0 unspecified atom stereocenters. The molecule has 1 fully saturated rings. The van der Waals surface area contributed by atoms with Crippen molar-refractivity contribution in [2.24, 2.45) is 0 Å². The van der Waals surface area contributed by atoms with Crippen LogP contribution in [0.3, 0.4) is 0 Å². The van der Waals surface area contributed by atoms with Crippen LogP contribution in [-0.2, 0) is 0 Å². The van der Waals surface area contributed by atoms with Crippen LogP contribution < -0.4 is 5.32 Å². The van der Waals surface area contributed by atoms with Gasteiger partial charge in [-0.2, -0.15) is 0 Å². The number of carbonyl (C=O) groups excluding carboxylic acids is 2. The number of amides is 2. The van der Waals surface area contributed by atoms with Gasteiger partial charge in [0.15, 0.2) is 0 Å². The van der Waals surface area contributed by atoms with Crippen molar-refractivity contribution in [3.63, 3.8) is 0 Å². The molecule has 1 saturated heterocycles. The molecule has 0 spiro atoms. The number of pyridine rings is 1. The second kappa shape index (κ2) is 7.46. The first-order chi connectivity index (χ1) is 12.0. The number of piperidine rings is 1. The zero-order valence-corrected chi connectivity index (χ0v) is 14.5. The summed E-state index contributed by atoms with van der Waals surface area (Å²) >= 11 is 0. The molecule has 7 nitrogen and oxygen atoms in total. The molecule has 1 aliphatic rings. The first-order valence-electron chi connectivity index (χ1n) is 8.59. The standard InChI is InChI=1S/C18H23N5O2/c1-12(2)16-20-11-15(22-16)18(25)23-9-5-14(6-10-23)21-17(24)13-3-7-19-8-4-13/h3-4,7-8,11-12,14H,5-6,9-10H2,1-2H3,(H,20,22)(H,21,24). The summed E-state index contributed by atoms with van der Waals surface area (Å²) in [5, 5.41) is 3.03. The number of nitrogens with one attached hydrogen (secondary N) is 2. The predicted octanol–water partition coefficient (Wildman–Crippen LogP) is 1.96. The third-order valence-electron chi connectivity index (χ3n) is 4.43. The smallest absolute Gasteiger partial charge is 0.271 e. The van der Waals surface area contributed by atoms with Crippen LogP contribution in [0.4, 0.5) is 0 Å². The molecule has 1 aliphatic heterocycles. The van der Waals surface area contributed by atoms with Crippen LogP contribution in [0, 0.1) is 0 Å². The molecule has 25 heavy (non-hydrogen) atoms. The summed E-state index contributed by atoms with van der Waals surface area (Å²) < 4.78 is 0. The van der Waals surface area contributed by atoms with Gasteiger partial charge in [-0.1, -0.05) is 13.8 Å². The van der Waals surface area contributed by atoms with Crippen molar-refractivity contribution < 1.29 is 9.59 Å². The van der Waals surface area contributed by atoms with Crippen molar-refractivity contribution in [3.8, 4) is 0 Å². The molecule has 3 heterocycles. The summed E-state index contributed by atoms with van der Waals surface area (Å²) in [6, 6.07) is 3.47. The lowest BCUT2D eigenvalue weighted by Gasteiger charge is -2.32. The number of H-pyrrole nitrogens is 1. The SMILES string of the molecule is CC(C)c1ncc(C(=O)N2CCC(NC(=O)c3ccncc3)CC2)[nH]1. The van der Waals surface area contributed by atoms with Crippen LogP contribution in [0.15, 0.2) is 30.7 Å². The number of rotatable bonds is 4. The van der Waals surface area contributed by atoms with E-state index in [0.29, 0.717) is 24.3 Å². The van der Waals surface area contributed by atoms with Gasteiger partial charge in [0, 0.05) is 43.0 Å². The summed E-state index contributed by atoms with van der Waals surface area (Å²) in [6.07, 6.45) is 6.30. The van der Waals surface area contributed by atoms with E-state index < -0.39 is 0 Å². The van der Waals surface area contributed by atoms with Gasteiger partial charge in [0.2, 0.25) is 0 Å². The Labute approximate surface area is 146 Å². The maximum Gasteiger partial charge on any atom is 0.271 e. The Morgan fingerprint density at radius 1 is 1.24 bits per heavy atom. The molecule has 3 rings (SSSR count). The van der Waals surface area contributed by atoms with Gasteiger partial charge < -0.3 is 15.2 Å². The molecule has 0 radical (unpaired) electrons. The maximum atomic E-state index is 12.5. The zero-order valence-electron chi connectivity index (χ0n) is 14.5. The van der Waals surface area contributed by atoms with Crippen molar-refractivity contribution in [1.29, 1.82) is 0 Å². The molecule has 7 heteroatoms. The normalized spacial score (nSPS) is 15.4. The zero-order chi connectivity index (χ0) is 17.8. The van der Waals surface area contributed by atoms with Gasteiger partial charge in [-0.25, -0.2) is 4.98 Å². The largest absolute Gasteiger partial charge is 0.349 e. The Kier molecular flexibility index (Phi) is 5.11. The average molecular weight is 341 g/mol. The summed E-state index contributed by atoms with van der Waals surface area (Å²) in [6.45, 7) is 5.31. The van der Waals surface area contributed by atoms with Crippen LogP contribution in [0.5, 0.6) is 0 Å². The summed E-state index contributed by atoms with van der Waals surface area (Å²) in [7, 11) is 0. The maximum absolute atomic E-state index is 12.5. The van der Waals surface area contributed by atoms with Crippen LogP contribution >= 0.6 is 0 Å². The second-order valence-corrected chi connectivity index (χ2v) is 6.61. The van der Waals surface area contributed by atoms with E-state index in [1.165, 1.54) is 0 Å². The molecular weight excluding hydrogens is 318 g/mol. The minimum atomic E-state index is -0.0951. The van der Waals surface area contributed by atoms with Crippen LogP contribution in [0.25, 0.3) is 0 Å². The number of aromatic amines is 1. The molecule has 0 saturated carbocycles. The molecule has 132 valence electrons. The monoisotopic (exact) mass is 341 g/mol. The molecule has 2 aromatic rings. The Morgan fingerprint density at radius 2 is 1.92 bits per heavy atom. The van der Waals surface area contributed by atoms with E-state index in [2.05, 4.69) is 20.3 Å². The predicted molar refractivity (Wildman–Crippen MR) is 93.3 cm³/mol. The Balaban J connectivity index is 1.53. The van der Waals surface area contributed by atoms with Crippen molar-refractivity contribution in [2.75, 3.05) is 13.1 Å². The van der Waals surface area contributed by atoms with Crippen LogP contribution in [0.1, 0.15) is 59.3 Å². The number of aromatic nitrogens is 3. The highest BCUT2D eigenvalue weighted by Gasteiger charge is 2.26. The van der Waals surface area contributed by atoms with E-state index in [0.717, 1.165) is 18.7 Å². The topological polar surface area (TPSA) is 91.0 Å². The molecule has 2 amide bonds. The van der Waals surface area contributed by atoms with E-state index in [9.17, 15) is 9.59 Å². The summed E-state index contributed by atoms with van der Waals surface area (Å²) in [4.78, 5) is 37.8. The quantitative estimate of drug-likeness (QED) is 0.889. The van der Waals surface area contributed by atoms with Crippen molar-refractivity contribution in [2.45, 2.75) is 38.6 Å². The Morgan fingerprint density at radius 3 is 2.52 bits per heavy atom. The fourth-order valence-corrected chi connectivity index (χ4v) is 2.91. The number of hydrogen-bond acceptors (Lipinski definition) is 4. The fourth-order valence-electron chi connectivity index (χ4n) is 2.91. The van der Waals surface area contributed by atoms with E-state index in [1.54, 1.807) is 30.7 Å². The highest BCUT2D eigenvalue weighted by atomic mass is 16.2. The summed E-state index contributed by atoms with van der Waals surface area (Å²) in [5.41, 5.74) is 1.13. The molecular formula is C18H23N5O2. The van der Waals surface area contributed by atoms with Gasteiger partial charge in [-0.3, -0.25) is 14.6 Å². The first-order valence-corrected chi connectivity index (χ1v) is 8.59. The highest BCUT2D eigenvalue weighted by molar-refractivity contribution is 5.94. The van der Waals surface area contributed by atoms with Gasteiger partial charge >= 0.3 is 0 Å². The average Bonchev–Trinajstić information content (AvgIpc) is 3.13. The van der Waals surface area contributed by atoms with E-state index >= 15 is 0 Å². The van der Waals surface area contributed by atoms with Gasteiger partial charge in [-0.05, 0) is 25.0 Å². The minimum Gasteiger partial charge on any atom is -0.349 e. The molecule has 0 aromatic carbocycles. The fraction of sp³-hybridized carbons (Fsp3) is 0.444. The Bertz CT molecular complexity index is 733. The summed E-state index contributed by atoms with van der Waals surface area (Å²) in [5.74, 6) is 0.958. The number of carbonyl (C=O) groups is 2. The molecule has 0 atom stereocenters. The molecule has 0 bridgehead atoms. The molecule has 2 N–H and O–H groups in total. The second-order valence-electron chi connectivity index (χ2n) is 6.61. The number of nitrogens with zero attached hydrogens (tertiary/aromatic N) is 3. The number of hydrogen-bond donors (Lipinski definition) is 2.